The van der Waals surface area contributed by atoms with Crippen molar-refractivity contribution in [3.05, 3.63) is 47.8 Å². The monoisotopic (exact) mass is 413 g/mol. The molecule has 30 heavy (non-hydrogen) atoms. The molecule has 9 nitrogen and oxygen atoms in total. The lowest BCUT2D eigenvalue weighted by Gasteiger charge is -2.26. The lowest BCUT2D eigenvalue weighted by Crippen LogP contribution is -2.25. The Bertz CT molecular complexity index is 844. The predicted octanol–water partition coefficient (Wildman–Crippen LogP) is 2.60. The predicted molar refractivity (Wildman–Crippen MR) is 110 cm³/mol. The smallest absolute Gasteiger partial charge is 0.254 e. The minimum atomic E-state index is -0.373. The molecule has 0 radical (unpaired) electrons. The molecule has 0 spiro atoms. The number of unbranched alkanes of at least 4 members (excludes halogenated alkanes) is 3. The van der Waals surface area contributed by atoms with Gasteiger partial charge in [0.1, 0.15) is 5.75 Å². The van der Waals surface area contributed by atoms with E-state index in [9.17, 15) is 9.59 Å². The first kappa shape index (κ1) is 21.5. The Morgan fingerprint density at radius 3 is 2.67 bits per heavy atom. The van der Waals surface area contributed by atoms with Crippen molar-refractivity contribution in [2.24, 2.45) is 0 Å². The van der Waals surface area contributed by atoms with Crippen LogP contribution in [0.3, 0.4) is 0 Å². The number of carbonyl (C=O) groups excluding carboxylic acids is 2. The normalized spacial score (nSPS) is 14.9. The second-order valence-corrected chi connectivity index (χ2v) is 7.12. The number of amides is 2. The number of anilines is 1. The van der Waals surface area contributed by atoms with Crippen molar-refractivity contribution in [3.8, 4) is 5.75 Å². The van der Waals surface area contributed by atoms with E-state index in [2.05, 4.69) is 20.6 Å². The molecule has 2 aromatic rings. The fourth-order valence-electron chi connectivity index (χ4n) is 3.29. The van der Waals surface area contributed by atoms with Crippen LogP contribution in [0.4, 0.5) is 5.95 Å². The van der Waals surface area contributed by atoms with Gasteiger partial charge in [-0.25, -0.2) is 15.4 Å². The molecule has 0 saturated carbocycles. The molecule has 9 heteroatoms. The van der Waals surface area contributed by atoms with Crippen LogP contribution in [0.5, 0.6) is 5.75 Å². The summed E-state index contributed by atoms with van der Waals surface area (Å²) in [7, 11) is 0. The number of fused-ring (bicyclic) bond motifs is 1. The van der Waals surface area contributed by atoms with E-state index in [1.54, 1.807) is 5.48 Å². The largest absolute Gasteiger partial charge is 0.493 e. The number of para-hydroxylation sites is 1. The Balaban J connectivity index is 1.40. The van der Waals surface area contributed by atoms with Crippen molar-refractivity contribution in [1.29, 1.82) is 0 Å². The zero-order chi connectivity index (χ0) is 21.2. The zero-order valence-electron chi connectivity index (χ0n) is 16.8. The van der Waals surface area contributed by atoms with Gasteiger partial charge in [-0.05, 0) is 18.9 Å². The van der Waals surface area contributed by atoms with Crippen molar-refractivity contribution in [2.45, 2.75) is 44.6 Å². The third-order valence-electron chi connectivity index (χ3n) is 4.92. The Kier molecular flexibility index (Phi) is 7.96. The maximum absolute atomic E-state index is 12.2. The van der Waals surface area contributed by atoms with Gasteiger partial charge in [0, 0.05) is 37.3 Å². The summed E-state index contributed by atoms with van der Waals surface area (Å²) in [6.45, 7) is 1.17. The van der Waals surface area contributed by atoms with Gasteiger partial charge >= 0.3 is 0 Å². The van der Waals surface area contributed by atoms with Crippen LogP contribution in [0.25, 0.3) is 0 Å². The number of hydrogen-bond acceptors (Lipinski definition) is 7. The van der Waals surface area contributed by atoms with E-state index in [-0.39, 0.29) is 17.9 Å². The minimum absolute atomic E-state index is 0.0677. The third kappa shape index (κ3) is 6.15. The maximum Gasteiger partial charge on any atom is 0.254 e. The molecule has 0 aliphatic carbocycles. The first-order valence-corrected chi connectivity index (χ1v) is 10.2. The average molecular weight is 413 g/mol. The number of hydrogen-bond donors (Lipinski definition) is 4. The highest BCUT2D eigenvalue weighted by Gasteiger charge is 2.21. The highest BCUT2D eigenvalue weighted by molar-refractivity contribution is 5.93. The van der Waals surface area contributed by atoms with Crippen LogP contribution in [-0.4, -0.2) is 40.1 Å². The standard InChI is InChI=1S/C21H27N5O4/c27-19(26-29)9-3-1-2-6-11-22-20(28)15-13-23-21(24-14-15)25-17-10-12-30-18-8-5-4-7-16(17)18/h4-5,7-8,13-14,17,29H,1-3,6,9-12H2,(H,22,28)(H,26,27)(H,23,24,25)/t17-/m1/s1. The summed E-state index contributed by atoms with van der Waals surface area (Å²) in [6, 6.07) is 7.96. The van der Waals surface area contributed by atoms with E-state index in [0.29, 0.717) is 37.5 Å². The summed E-state index contributed by atoms with van der Waals surface area (Å²) in [5.41, 5.74) is 3.10. The van der Waals surface area contributed by atoms with Crippen LogP contribution < -0.4 is 20.9 Å². The number of nitrogens with one attached hydrogen (secondary N) is 3. The Hall–Kier alpha value is -3.20. The molecule has 0 unspecified atom stereocenters. The lowest BCUT2D eigenvalue weighted by atomic mass is 10.0. The number of carbonyl (C=O) groups is 2. The van der Waals surface area contributed by atoms with Crippen molar-refractivity contribution >= 4 is 17.8 Å². The number of rotatable bonds is 10. The van der Waals surface area contributed by atoms with E-state index < -0.39 is 0 Å². The van der Waals surface area contributed by atoms with Crippen LogP contribution in [-0.2, 0) is 4.79 Å². The van der Waals surface area contributed by atoms with Gasteiger partial charge in [0.25, 0.3) is 5.91 Å². The molecule has 1 aliphatic rings. The summed E-state index contributed by atoms with van der Waals surface area (Å²) in [6.07, 6.45) is 7.43. The fourth-order valence-corrected chi connectivity index (χ4v) is 3.29. The van der Waals surface area contributed by atoms with Crippen molar-refractivity contribution in [1.82, 2.24) is 20.8 Å². The average Bonchev–Trinajstić information content (AvgIpc) is 2.79. The van der Waals surface area contributed by atoms with Gasteiger partial charge in [-0.1, -0.05) is 31.0 Å². The van der Waals surface area contributed by atoms with Crippen LogP contribution in [0.15, 0.2) is 36.7 Å². The maximum atomic E-state index is 12.2. The molecule has 0 fully saturated rings. The van der Waals surface area contributed by atoms with Crippen molar-refractivity contribution < 1.29 is 19.5 Å². The molecule has 2 heterocycles. The number of ether oxygens (including phenoxy) is 1. The van der Waals surface area contributed by atoms with Crippen molar-refractivity contribution in [3.63, 3.8) is 0 Å². The SMILES string of the molecule is O=C(CCCCCCNC(=O)c1cnc(N[C@@H]2CCOc3ccccc32)nc1)NO. The molecular weight excluding hydrogens is 386 g/mol. The molecule has 160 valence electrons. The molecule has 1 aromatic heterocycles. The Morgan fingerprint density at radius 2 is 1.87 bits per heavy atom. The zero-order valence-corrected chi connectivity index (χ0v) is 16.8. The summed E-state index contributed by atoms with van der Waals surface area (Å²) >= 11 is 0. The van der Waals surface area contributed by atoms with Gasteiger partial charge in [-0.15, -0.1) is 0 Å². The molecule has 1 aromatic carbocycles. The first-order valence-electron chi connectivity index (χ1n) is 10.2. The molecule has 2 amide bonds. The molecule has 1 atom stereocenters. The summed E-state index contributed by atoms with van der Waals surface area (Å²) < 4.78 is 5.66. The first-order chi connectivity index (χ1) is 14.7. The topological polar surface area (TPSA) is 125 Å². The number of aromatic nitrogens is 2. The van der Waals surface area contributed by atoms with Gasteiger partial charge < -0.3 is 15.4 Å². The number of hydroxylamine groups is 1. The summed E-state index contributed by atoms with van der Waals surface area (Å²) in [4.78, 5) is 31.7. The molecule has 0 saturated heterocycles. The highest BCUT2D eigenvalue weighted by Crippen LogP contribution is 2.33. The molecule has 3 rings (SSSR count). The molecule has 1 aliphatic heterocycles. The Labute approximate surface area is 175 Å². The van der Waals surface area contributed by atoms with Gasteiger partial charge in [-0.3, -0.25) is 14.8 Å². The second-order valence-electron chi connectivity index (χ2n) is 7.12. The van der Waals surface area contributed by atoms with Crippen LogP contribution in [0.1, 0.15) is 60.5 Å². The molecule has 4 N–H and O–H groups in total. The Morgan fingerprint density at radius 1 is 1.10 bits per heavy atom. The number of benzene rings is 1. The van der Waals surface area contributed by atoms with E-state index >= 15 is 0 Å². The van der Waals surface area contributed by atoms with E-state index in [1.807, 2.05) is 24.3 Å². The van der Waals surface area contributed by atoms with Gasteiger partial charge in [-0.2, -0.15) is 0 Å². The minimum Gasteiger partial charge on any atom is -0.493 e. The van der Waals surface area contributed by atoms with Crippen LogP contribution in [0, 0.1) is 0 Å². The summed E-state index contributed by atoms with van der Waals surface area (Å²) in [5, 5.41) is 14.6. The van der Waals surface area contributed by atoms with Crippen LogP contribution in [0.2, 0.25) is 0 Å². The number of nitrogens with zero attached hydrogens (tertiary/aromatic N) is 2. The summed E-state index contributed by atoms with van der Waals surface area (Å²) in [5.74, 6) is 0.758. The van der Waals surface area contributed by atoms with E-state index in [4.69, 9.17) is 9.94 Å². The van der Waals surface area contributed by atoms with Gasteiger partial charge in [0.15, 0.2) is 0 Å². The van der Waals surface area contributed by atoms with E-state index in [0.717, 1.165) is 37.0 Å². The quantitative estimate of drug-likeness (QED) is 0.268. The third-order valence-corrected chi connectivity index (χ3v) is 4.92. The van der Waals surface area contributed by atoms with E-state index in [1.165, 1.54) is 12.4 Å². The van der Waals surface area contributed by atoms with Crippen LogP contribution >= 0.6 is 0 Å². The molecular formula is C21H27N5O4. The van der Waals surface area contributed by atoms with Crippen molar-refractivity contribution in [2.75, 3.05) is 18.5 Å². The van der Waals surface area contributed by atoms with Gasteiger partial charge in [0.05, 0.1) is 18.2 Å². The highest BCUT2D eigenvalue weighted by atomic mass is 16.5. The second kappa shape index (κ2) is 11.1. The molecule has 0 bridgehead atoms. The fraction of sp³-hybridized carbons (Fsp3) is 0.429. The van der Waals surface area contributed by atoms with Gasteiger partial charge in [0.2, 0.25) is 11.9 Å². The lowest BCUT2D eigenvalue weighted by molar-refractivity contribution is -0.129.